The summed E-state index contributed by atoms with van der Waals surface area (Å²) in [7, 11) is 0. The van der Waals surface area contributed by atoms with E-state index in [1.54, 1.807) is 0 Å². The Balaban J connectivity index is 3.09. The zero-order chi connectivity index (χ0) is 13.2. The lowest BCUT2D eigenvalue weighted by molar-refractivity contribution is -0.147. The van der Waals surface area contributed by atoms with Crippen molar-refractivity contribution in [1.29, 1.82) is 0 Å². The zero-order valence-corrected chi connectivity index (χ0v) is 11.1. The lowest BCUT2D eigenvalue weighted by atomic mass is 10.0. The minimum Gasteiger partial charge on any atom is -0.478 e. The molecule has 1 N–H and O–H groups in total. The van der Waals surface area contributed by atoms with E-state index in [1.807, 2.05) is 46.8 Å². The van der Waals surface area contributed by atoms with Gasteiger partial charge in [-0.1, -0.05) is 26.0 Å². The van der Waals surface area contributed by atoms with Crippen molar-refractivity contribution < 1.29 is 14.6 Å². The van der Waals surface area contributed by atoms with Crippen molar-refractivity contribution >= 4 is 5.97 Å². The van der Waals surface area contributed by atoms with E-state index in [4.69, 9.17) is 9.84 Å². The molecule has 0 radical (unpaired) electrons. The van der Waals surface area contributed by atoms with E-state index in [0.29, 0.717) is 5.75 Å². The number of benzene rings is 1. The molecule has 1 aromatic rings. The number of rotatable bonds is 4. The van der Waals surface area contributed by atoms with E-state index in [1.165, 1.54) is 0 Å². The Hall–Kier alpha value is -1.51. The molecule has 0 spiro atoms. The summed E-state index contributed by atoms with van der Waals surface area (Å²) < 4.78 is 5.68. The van der Waals surface area contributed by atoms with Gasteiger partial charge in [0.05, 0.1) is 0 Å². The first-order valence-corrected chi connectivity index (χ1v) is 5.80. The highest BCUT2D eigenvalue weighted by molar-refractivity contribution is 5.73. The van der Waals surface area contributed by atoms with Crippen LogP contribution in [0.25, 0.3) is 0 Å². The Morgan fingerprint density at radius 2 is 1.71 bits per heavy atom. The van der Waals surface area contributed by atoms with Crippen molar-refractivity contribution in [3.63, 3.8) is 0 Å². The molecule has 1 aromatic carbocycles. The molecule has 0 heterocycles. The second-order valence-electron chi connectivity index (χ2n) is 4.77. The van der Waals surface area contributed by atoms with Crippen LogP contribution in [-0.4, -0.2) is 17.2 Å². The van der Waals surface area contributed by atoms with Crippen molar-refractivity contribution in [1.82, 2.24) is 0 Å². The number of carboxylic acid groups (broad SMARTS) is 1. The second-order valence-corrected chi connectivity index (χ2v) is 4.77. The molecular weight excluding hydrogens is 216 g/mol. The zero-order valence-electron chi connectivity index (χ0n) is 11.1. The van der Waals surface area contributed by atoms with Gasteiger partial charge in [-0.15, -0.1) is 0 Å². The highest BCUT2D eigenvalue weighted by Gasteiger charge is 2.24. The van der Waals surface area contributed by atoms with Gasteiger partial charge in [0.25, 0.3) is 0 Å². The van der Waals surface area contributed by atoms with Gasteiger partial charge in [0.15, 0.2) is 6.10 Å². The summed E-state index contributed by atoms with van der Waals surface area (Å²) >= 11 is 0. The molecule has 1 atom stereocenters. The number of hydrogen-bond donors (Lipinski definition) is 1. The molecule has 0 aromatic heterocycles. The van der Waals surface area contributed by atoms with Crippen molar-refractivity contribution in [2.45, 2.75) is 40.7 Å². The number of ether oxygens (including phenoxy) is 1. The van der Waals surface area contributed by atoms with Gasteiger partial charge in [-0.2, -0.15) is 0 Å². The molecule has 1 rings (SSSR count). The molecule has 94 valence electrons. The Labute approximate surface area is 102 Å². The van der Waals surface area contributed by atoms with Crippen LogP contribution in [0, 0.1) is 26.7 Å². The Kier molecular flexibility index (Phi) is 4.16. The van der Waals surface area contributed by atoms with Crippen molar-refractivity contribution in [2.75, 3.05) is 0 Å². The van der Waals surface area contributed by atoms with Crippen LogP contribution < -0.4 is 4.74 Å². The molecule has 0 aliphatic carbocycles. The molecule has 0 amide bonds. The molecule has 17 heavy (non-hydrogen) atoms. The molecule has 3 nitrogen and oxygen atoms in total. The molecule has 3 heteroatoms. The Bertz CT molecular complexity index is 422. The molecule has 1 unspecified atom stereocenters. The van der Waals surface area contributed by atoms with Crippen molar-refractivity contribution in [2.24, 2.45) is 5.92 Å². The van der Waals surface area contributed by atoms with Crippen LogP contribution in [0.2, 0.25) is 0 Å². The summed E-state index contributed by atoms with van der Waals surface area (Å²) in [5.74, 6) is -0.279. The highest BCUT2D eigenvalue weighted by atomic mass is 16.5. The van der Waals surface area contributed by atoms with Crippen molar-refractivity contribution in [3.05, 3.63) is 28.8 Å². The third-order valence-electron chi connectivity index (χ3n) is 2.97. The standard InChI is InChI=1S/C14H20O3/c1-8(2)12(14(15)16)17-13-10(4)7-6-9(3)11(13)5/h6-8,12H,1-5H3,(H,15,16). The van der Waals surface area contributed by atoms with Gasteiger partial charge >= 0.3 is 5.97 Å². The summed E-state index contributed by atoms with van der Waals surface area (Å²) in [5, 5.41) is 9.13. The quantitative estimate of drug-likeness (QED) is 0.873. The highest BCUT2D eigenvalue weighted by Crippen LogP contribution is 2.28. The first-order valence-electron chi connectivity index (χ1n) is 5.80. The first kappa shape index (κ1) is 13.6. The maximum absolute atomic E-state index is 11.1. The molecule has 0 saturated heterocycles. The molecule has 0 fully saturated rings. The number of aryl methyl sites for hydroxylation is 2. The van der Waals surface area contributed by atoms with Gasteiger partial charge in [-0.3, -0.25) is 0 Å². The fourth-order valence-corrected chi connectivity index (χ4v) is 1.71. The topological polar surface area (TPSA) is 46.5 Å². The smallest absolute Gasteiger partial charge is 0.345 e. The van der Waals surface area contributed by atoms with Crippen LogP contribution in [0.3, 0.4) is 0 Å². The van der Waals surface area contributed by atoms with Gasteiger partial charge in [-0.25, -0.2) is 4.79 Å². The molecular formula is C14H20O3. The van der Waals surface area contributed by atoms with E-state index in [0.717, 1.165) is 16.7 Å². The summed E-state index contributed by atoms with van der Waals surface area (Å²) in [6.07, 6.45) is -0.797. The summed E-state index contributed by atoms with van der Waals surface area (Å²) in [5.41, 5.74) is 3.09. The predicted molar refractivity (Wildman–Crippen MR) is 67.5 cm³/mol. The number of carboxylic acids is 1. The second kappa shape index (κ2) is 5.21. The average molecular weight is 236 g/mol. The van der Waals surface area contributed by atoms with Crippen LogP contribution in [0.1, 0.15) is 30.5 Å². The predicted octanol–water partition coefficient (Wildman–Crippen LogP) is 3.10. The fourth-order valence-electron chi connectivity index (χ4n) is 1.71. The average Bonchev–Trinajstić information content (AvgIpc) is 2.23. The van der Waals surface area contributed by atoms with Crippen LogP contribution in [0.5, 0.6) is 5.75 Å². The Morgan fingerprint density at radius 3 is 2.18 bits per heavy atom. The normalized spacial score (nSPS) is 12.6. The van der Waals surface area contributed by atoms with Crippen LogP contribution in [0.15, 0.2) is 12.1 Å². The molecule has 0 aliphatic heterocycles. The first-order chi connectivity index (χ1) is 7.84. The number of hydrogen-bond acceptors (Lipinski definition) is 2. The maximum Gasteiger partial charge on any atom is 0.345 e. The minimum atomic E-state index is -0.916. The monoisotopic (exact) mass is 236 g/mol. The number of aliphatic carboxylic acids is 1. The summed E-state index contributed by atoms with van der Waals surface area (Å²) in [6.45, 7) is 9.57. The Morgan fingerprint density at radius 1 is 1.18 bits per heavy atom. The van der Waals surface area contributed by atoms with Gasteiger partial charge in [-0.05, 0) is 37.5 Å². The van der Waals surface area contributed by atoms with Crippen LogP contribution >= 0.6 is 0 Å². The van der Waals surface area contributed by atoms with E-state index >= 15 is 0 Å². The van der Waals surface area contributed by atoms with E-state index in [2.05, 4.69) is 0 Å². The summed E-state index contributed by atoms with van der Waals surface area (Å²) in [4.78, 5) is 11.1. The molecule has 0 bridgehead atoms. The van der Waals surface area contributed by atoms with E-state index in [-0.39, 0.29) is 5.92 Å². The largest absolute Gasteiger partial charge is 0.478 e. The molecule has 0 aliphatic rings. The fraction of sp³-hybridized carbons (Fsp3) is 0.500. The van der Waals surface area contributed by atoms with Gasteiger partial charge in [0.2, 0.25) is 0 Å². The number of carbonyl (C=O) groups is 1. The summed E-state index contributed by atoms with van der Waals surface area (Å²) in [6, 6.07) is 3.97. The SMILES string of the molecule is Cc1ccc(C)c(OC(C(=O)O)C(C)C)c1C. The van der Waals surface area contributed by atoms with Crippen LogP contribution in [0.4, 0.5) is 0 Å². The van der Waals surface area contributed by atoms with Crippen LogP contribution in [-0.2, 0) is 4.79 Å². The molecule has 0 saturated carbocycles. The van der Waals surface area contributed by atoms with E-state index < -0.39 is 12.1 Å². The van der Waals surface area contributed by atoms with Crippen molar-refractivity contribution in [3.8, 4) is 5.75 Å². The lowest BCUT2D eigenvalue weighted by Crippen LogP contribution is -2.32. The van der Waals surface area contributed by atoms with Gasteiger partial charge in [0.1, 0.15) is 5.75 Å². The maximum atomic E-state index is 11.1. The minimum absolute atomic E-state index is 0.0631. The lowest BCUT2D eigenvalue weighted by Gasteiger charge is -2.21. The third-order valence-corrected chi connectivity index (χ3v) is 2.97. The van der Waals surface area contributed by atoms with E-state index in [9.17, 15) is 4.79 Å². The van der Waals surface area contributed by atoms with Gasteiger partial charge < -0.3 is 9.84 Å². The third kappa shape index (κ3) is 2.99. The van der Waals surface area contributed by atoms with Gasteiger partial charge in [0, 0.05) is 5.92 Å².